The molecule has 0 atom stereocenters. The van der Waals surface area contributed by atoms with Gasteiger partial charge in [-0.1, -0.05) is 55.8 Å². The lowest BCUT2D eigenvalue weighted by atomic mass is 9.97. The number of rotatable bonds is 4. The highest BCUT2D eigenvalue weighted by Crippen LogP contribution is 2.28. The van der Waals surface area contributed by atoms with Crippen LogP contribution in [0.2, 0.25) is 0 Å². The highest BCUT2D eigenvalue weighted by molar-refractivity contribution is 5.67. The van der Waals surface area contributed by atoms with Crippen molar-refractivity contribution in [3.8, 4) is 0 Å². The summed E-state index contributed by atoms with van der Waals surface area (Å²) < 4.78 is 0. The van der Waals surface area contributed by atoms with E-state index in [1.807, 2.05) is 0 Å². The van der Waals surface area contributed by atoms with Gasteiger partial charge >= 0.3 is 0 Å². The fourth-order valence-electron chi connectivity index (χ4n) is 2.64. The third-order valence-corrected chi connectivity index (χ3v) is 3.52. The van der Waals surface area contributed by atoms with Crippen LogP contribution in [-0.4, -0.2) is 17.5 Å². The lowest BCUT2D eigenvalue weighted by Crippen LogP contribution is -2.33. The molecule has 0 fully saturated rings. The van der Waals surface area contributed by atoms with Crippen molar-refractivity contribution < 1.29 is 0 Å². The maximum absolute atomic E-state index is 2.51. The molecule has 1 aromatic rings. The molecule has 1 aromatic carbocycles. The number of hydrogen-bond acceptors (Lipinski definition) is 1. The van der Waals surface area contributed by atoms with Crippen LogP contribution in [0.1, 0.15) is 39.7 Å². The van der Waals surface area contributed by atoms with Gasteiger partial charge in [0.2, 0.25) is 0 Å². The van der Waals surface area contributed by atoms with E-state index < -0.39 is 0 Å². The second kappa shape index (κ2) is 6.10. The van der Waals surface area contributed by atoms with Crippen LogP contribution in [0.15, 0.2) is 48.1 Å². The number of nitrogens with zero attached hydrogens (tertiary/aromatic N) is 1. The van der Waals surface area contributed by atoms with E-state index in [0.29, 0.717) is 6.04 Å². The lowest BCUT2D eigenvalue weighted by molar-refractivity contribution is 0.345. The summed E-state index contributed by atoms with van der Waals surface area (Å²) in [5.74, 6) is 0.729. The van der Waals surface area contributed by atoms with E-state index in [0.717, 1.165) is 12.5 Å². The first-order chi connectivity index (χ1) is 9.08. The van der Waals surface area contributed by atoms with Crippen molar-refractivity contribution in [3.05, 3.63) is 53.6 Å². The molecule has 19 heavy (non-hydrogen) atoms. The van der Waals surface area contributed by atoms with Gasteiger partial charge in [-0.25, -0.2) is 0 Å². The Morgan fingerprint density at radius 3 is 2.26 bits per heavy atom. The SMILES string of the molecule is CC(C)CC1=CC=C(c2ccccc2)N(C(C)C)C1. The molecule has 0 radical (unpaired) electrons. The van der Waals surface area contributed by atoms with Crippen molar-refractivity contribution >= 4 is 5.70 Å². The number of benzene rings is 1. The molecule has 1 aliphatic rings. The van der Waals surface area contributed by atoms with E-state index in [9.17, 15) is 0 Å². The fraction of sp³-hybridized carbons (Fsp3) is 0.444. The minimum absolute atomic E-state index is 0.530. The predicted octanol–water partition coefficient (Wildman–Crippen LogP) is 4.72. The topological polar surface area (TPSA) is 3.24 Å². The second-order valence-corrected chi connectivity index (χ2v) is 6.06. The van der Waals surface area contributed by atoms with Crippen LogP contribution < -0.4 is 0 Å². The highest BCUT2D eigenvalue weighted by Gasteiger charge is 2.19. The molecule has 0 bridgehead atoms. The molecule has 0 saturated carbocycles. The van der Waals surface area contributed by atoms with Gasteiger partial charge in [0, 0.05) is 18.3 Å². The summed E-state index contributed by atoms with van der Waals surface area (Å²) >= 11 is 0. The van der Waals surface area contributed by atoms with Gasteiger partial charge in [0.1, 0.15) is 0 Å². The first kappa shape index (κ1) is 13.9. The fourth-order valence-corrected chi connectivity index (χ4v) is 2.64. The van der Waals surface area contributed by atoms with Crippen LogP contribution in [0.5, 0.6) is 0 Å². The molecule has 2 rings (SSSR count). The summed E-state index contributed by atoms with van der Waals surface area (Å²) in [5.41, 5.74) is 4.21. The molecule has 1 heterocycles. The quantitative estimate of drug-likeness (QED) is 0.752. The summed E-state index contributed by atoms with van der Waals surface area (Å²) in [7, 11) is 0. The van der Waals surface area contributed by atoms with Crippen molar-refractivity contribution in [2.45, 2.75) is 40.2 Å². The Hall–Kier alpha value is -1.50. The van der Waals surface area contributed by atoms with Gasteiger partial charge < -0.3 is 4.90 Å². The maximum Gasteiger partial charge on any atom is 0.0445 e. The molecule has 1 nitrogen and oxygen atoms in total. The highest BCUT2D eigenvalue weighted by atomic mass is 15.2. The summed E-state index contributed by atoms with van der Waals surface area (Å²) in [6.45, 7) is 10.2. The zero-order valence-corrected chi connectivity index (χ0v) is 12.6. The molecule has 0 aliphatic carbocycles. The van der Waals surface area contributed by atoms with Crippen LogP contribution in [-0.2, 0) is 0 Å². The Balaban J connectivity index is 2.29. The lowest BCUT2D eigenvalue weighted by Gasteiger charge is -2.35. The number of hydrogen-bond donors (Lipinski definition) is 0. The van der Waals surface area contributed by atoms with E-state index in [2.05, 4.69) is 75.1 Å². The van der Waals surface area contributed by atoms with Crippen LogP contribution >= 0.6 is 0 Å². The molecule has 0 spiro atoms. The van der Waals surface area contributed by atoms with E-state index in [1.165, 1.54) is 17.7 Å². The summed E-state index contributed by atoms with van der Waals surface area (Å²) in [5, 5.41) is 0. The first-order valence-corrected chi connectivity index (χ1v) is 7.29. The van der Waals surface area contributed by atoms with Gasteiger partial charge in [-0.05, 0) is 37.8 Å². The molecule has 102 valence electrons. The van der Waals surface area contributed by atoms with Crippen LogP contribution in [0.25, 0.3) is 5.70 Å². The smallest absolute Gasteiger partial charge is 0.0445 e. The standard InChI is InChI=1S/C18H25N/c1-14(2)12-16-10-11-18(19(13-16)15(3)4)17-8-6-5-7-9-17/h5-11,14-15H,12-13H2,1-4H3. The van der Waals surface area contributed by atoms with E-state index in [-0.39, 0.29) is 0 Å². The van der Waals surface area contributed by atoms with Crippen LogP contribution in [0, 0.1) is 5.92 Å². The van der Waals surface area contributed by atoms with Crippen LogP contribution in [0.4, 0.5) is 0 Å². The van der Waals surface area contributed by atoms with E-state index in [4.69, 9.17) is 0 Å². The van der Waals surface area contributed by atoms with Gasteiger partial charge in [0.25, 0.3) is 0 Å². The number of allylic oxidation sites excluding steroid dienone is 2. The van der Waals surface area contributed by atoms with Gasteiger partial charge in [0.05, 0.1) is 0 Å². The Kier molecular flexibility index (Phi) is 4.47. The van der Waals surface area contributed by atoms with Gasteiger partial charge in [0.15, 0.2) is 0 Å². The molecule has 1 heteroatoms. The molecule has 0 N–H and O–H groups in total. The van der Waals surface area contributed by atoms with E-state index in [1.54, 1.807) is 5.57 Å². The average Bonchev–Trinajstić information content (AvgIpc) is 2.39. The molecule has 0 saturated heterocycles. The molecule has 0 amide bonds. The summed E-state index contributed by atoms with van der Waals surface area (Å²) in [6.07, 6.45) is 5.81. The monoisotopic (exact) mass is 255 g/mol. The Labute approximate surface area is 117 Å². The zero-order chi connectivity index (χ0) is 13.8. The zero-order valence-electron chi connectivity index (χ0n) is 12.6. The predicted molar refractivity (Wildman–Crippen MR) is 83.8 cm³/mol. The second-order valence-electron chi connectivity index (χ2n) is 6.06. The normalized spacial score (nSPS) is 15.8. The van der Waals surface area contributed by atoms with Crippen LogP contribution in [0.3, 0.4) is 0 Å². The molecular formula is C18H25N. The third kappa shape index (κ3) is 3.50. The first-order valence-electron chi connectivity index (χ1n) is 7.29. The van der Waals surface area contributed by atoms with Crippen molar-refractivity contribution in [1.29, 1.82) is 0 Å². The largest absolute Gasteiger partial charge is 0.365 e. The van der Waals surface area contributed by atoms with Gasteiger partial charge in [-0.3, -0.25) is 0 Å². The van der Waals surface area contributed by atoms with Crippen molar-refractivity contribution in [3.63, 3.8) is 0 Å². The van der Waals surface area contributed by atoms with Gasteiger partial charge in [-0.2, -0.15) is 0 Å². The minimum atomic E-state index is 0.530. The van der Waals surface area contributed by atoms with Crippen molar-refractivity contribution in [1.82, 2.24) is 4.90 Å². The molecule has 0 unspecified atom stereocenters. The third-order valence-electron chi connectivity index (χ3n) is 3.52. The van der Waals surface area contributed by atoms with Gasteiger partial charge in [-0.15, -0.1) is 0 Å². The molecule has 0 aromatic heterocycles. The average molecular weight is 255 g/mol. The minimum Gasteiger partial charge on any atom is -0.365 e. The Morgan fingerprint density at radius 2 is 1.68 bits per heavy atom. The summed E-state index contributed by atoms with van der Waals surface area (Å²) in [4.78, 5) is 2.51. The molecular weight excluding hydrogens is 230 g/mol. The molecule has 1 aliphatic heterocycles. The van der Waals surface area contributed by atoms with Crippen molar-refractivity contribution in [2.24, 2.45) is 5.92 Å². The maximum atomic E-state index is 2.51. The summed E-state index contributed by atoms with van der Waals surface area (Å²) in [6, 6.07) is 11.2. The Morgan fingerprint density at radius 1 is 1.00 bits per heavy atom. The Bertz CT molecular complexity index is 466. The van der Waals surface area contributed by atoms with Crippen molar-refractivity contribution in [2.75, 3.05) is 6.54 Å². The van der Waals surface area contributed by atoms with E-state index >= 15 is 0 Å².